The number of hydrogen-bond acceptors (Lipinski definition) is 4. The Morgan fingerprint density at radius 1 is 0.875 bits per heavy atom. The van der Waals surface area contributed by atoms with Gasteiger partial charge in [-0.1, -0.05) is 0 Å². The first kappa shape index (κ1) is 13.5. The summed E-state index contributed by atoms with van der Waals surface area (Å²) in [5.41, 5.74) is 0. The van der Waals surface area contributed by atoms with E-state index in [-0.39, 0.29) is 29.9 Å². The van der Waals surface area contributed by atoms with Gasteiger partial charge in [0.25, 0.3) is 0 Å². The third-order valence-corrected chi connectivity index (χ3v) is 8.25. The van der Waals surface area contributed by atoms with E-state index in [1.807, 2.05) is 13.8 Å². The fourth-order valence-electron chi connectivity index (χ4n) is 0.997. The van der Waals surface area contributed by atoms with Crippen LogP contribution in [0.1, 0.15) is 13.8 Å². The Labute approximate surface area is 107 Å². The van der Waals surface area contributed by atoms with E-state index in [1.54, 1.807) is 0 Å². The standard InChI is InChI=1S/C10H12O4Se2/c1-5-6(2)16-8(10(12)14-4)7(15-5)9(11)13-3/h1-4H3. The zero-order valence-electron chi connectivity index (χ0n) is 9.45. The van der Waals surface area contributed by atoms with Gasteiger partial charge in [0.1, 0.15) is 0 Å². The van der Waals surface area contributed by atoms with E-state index in [2.05, 4.69) is 0 Å². The number of carbonyl (C=O) groups is 2. The Morgan fingerprint density at radius 2 is 1.19 bits per heavy atom. The second kappa shape index (κ2) is 5.69. The Balaban J connectivity index is 3.12. The van der Waals surface area contributed by atoms with Gasteiger partial charge in [0.2, 0.25) is 0 Å². The molecule has 0 atom stereocenters. The molecule has 88 valence electrons. The third-order valence-electron chi connectivity index (χ3n) is 1.95. The molecule has 0 spiro atoms. The fourth-order valence-corrected chi connectivity index (χ4v) is 6.14. The van der Waals surface area contributed by atoms with Gasteiger partial charge >= 0.3 is 107 Å². The molecule has 1 aliphatic rings. The quantitative estimate of drug-likeness (QED) is 0.526. The maximum absolute atomic E-state index is 11.6. The fraction of sp³-hybridized carbons (Fsp3) is 0.400. The molecular formula is C10H12O4Se2. The monoisotopic (exact) mass is 356 g/mol. The summed E-state index contributed by atoms with van der Waals surface area (Å²) in [4.78, 5) is 23.1. The van der Waals surface area contributed by atoms with Gasteiger partial charge in [-0.2, -0.15) is 0 Å². The molecule has 4 nitrogen and oxygen atoms in total. The first-order valence-corrected chi connectivity index (χ1v) is 7.88. The minimum absolute atomic E-state index is 0.124. The first-order valence-electron chi connectivity index (χ1n) is 4.45. The van der Waals surface area contributed by atoms with Crippen molar-refractivity contribution in [2.45, 2.75) is 13.8 Å². The van der Waals surface area contributed by atoms with Crippen molar-refractivity contribution in [3.05, 3.63) is 17.9 Å². The molecule has 0 amide bonds. The predicted molar refractivity (Wildman–Crippen MR) is 60.9 cm³/mol. The molecule has 0 unspecified atom stereocenters. The molecule has 0 aromatic rings. The van der Waals surface area contributed by atoms with Gasteiger partial charge in [0, 0.05) is 0 Å². The molecule has 1 aliphatic heterocycles. The molecule has 0 fully saturated rings. The summed E-state index contributed by atoms with van der Waals surface area (Å²) >= 11 is -0.249. The Morgan fingerprint density at radius 3 is 1.44 bits per heavy atom. The van der Waals surface area contributed by atoms with E-state index in [0.717, 1.165) is 0 Å². The number of rotatable bonds is 2. The molecule has 1 rings (SSSR count). The Hall–Kier alpha value is -0.541. The van der Waals surface area contributed by atoms with Crippen LogP contribution in [-0.4, -0.2) is 56.1 Å². The molecular weight excluding hydrogens is 342 g/mol. The van der Waals surface area contributed by atoms with Crippen molar-refractivity contribution in [3.63, 3.8) is 0 Å². The summed E-state index contributed by atoms with van der Waals surface area (Å²) < 4.78 is 12.8. The molecule has 0 saturated heterocycles. The summed E-state index contributed by atoms with van der Waals surface area (Å²) in [6.07, 6.45) is 0. The second-order valence-electron chi connectivity index (χ2n) is 2.96. The normalized spacial score (nSPS) is 16.2. The third kappa shape index (κ3) is 2.77. The van der Waals surface area contributed by atoms with Crippen LogP contribution in [-0.2, 0) is 19.1 Å². The topological polar surface area (TPSA) is 52.6 Å². The van der Waals surface area contributed by atoms with Gasteiger partial charge in [0.05, 0.1) is 0 Å². The van der Waals surface area contributed by atoms with E-state index in [0.29, 0.717) is 8.94 Å². The summed E-state index contributed by atoms with van der Waals surface area (Å²) in [6, 6.07) is 0. The average molecular weight is 354 g/mol. The Bertz CT molecular complexity index is 360. The first-order chi connectivity index (χ1) is 7.51. The minimum atomic E-state index is -0.408. The molecule has 1 heterocycles. The van der Waals surface area contributed by atoms with Crippen LogP contribution < -0.4 is 0 Å². The van der Waals surface area contributed by atoms with Gasteiger partial charge in [-0.15, -0.1) is 0 Å². The molecule has 0 aromatic carbocycles. The second-order valence-corrected chi connectivity index (χ2v) is 8.10. The van der Waals surface area contributed by atoms with E-state index >= 15 is 0 Å². The van der Waals surface area contributed by atoms with Crippen molar-refractivity contribution >= 4 is 41.9 Å². The van der Waals surface area contributed by atoms with Crippen molar-refractivity contribution < 1.29 is 19.1 Å². The number of methoxy groups -OCH3 is 2. The van der Waals surface area contributed by atoms with E-state index in [1.165, 1.54) is 23.2 Å². The van der Waals surface area contributed by atoms with Crippen molar-refractivity contribution in [3.8, 4) is 0 Å². The molecule has 0 N–H and O–H groups in total. The predicted octanol–water partition coefficient (Wildman–Crippen LogP) is 0.217. The van der Waals surface area contributed by atoms with E-state index in [4.69, 9.17) is 9.47 Å². The van der Waals surface area contributed by atoms with E-state index < -0.39 is 11.9 Å². The maximum atomic E-state index is 11.6. The average Bonchev–Trinajstić information content (AvgIpc) is 2.30. The van der Waals surface area contributed by atoms with Crippen LogP contribution >= 0.6 is 0 Å². The van der Waals surface area contributed by atoms with Crippen molar-refractivity contribution in [1.82, 2.24) is 0 Å². The molecule has 0 aromatic heterocycles. The zero-order chi connectivity index (χ0) is 12.3. The summed E-state index contributed by atoms with van der Waals surface area (Å²) in [6.45, 7) is 3.99. The zero-order valence-corrected chi connectivity index (χ0v) is 12.9. The number of esters is 2. The number of hydrogen-bond donors (Lipinski definition) is 0. The van der Waals surface area contributed by atoms with Crippen LogP contribution in [0.5, 0.6) is 0 Å². The van der Waals surface area contributed by atoms with Crippen molar-refractivity contribution in [2.24, 2.45) is 0 Å². The Kier molecular flexibility index (Phi) is 4.81. The number of ether oxygens (including phenoxy) is 2. The molecule has 16 heavy (non-hydrogen) atoms. The molecule has 0 aliphatic carbocycles. The molecule has 0 bridgehead atoms. The van der Waals surface area contributed by atoms with Crippen LogP contribution in [0.4, 0.5) is 0 Å². The van der Waals surface area contributed by atoms with Crippen LogP contribution in [0.2, 0.25) is 0 Å². The molecule has 0 saturated carbocycles. The van der Waals surface area contributed by atoms with E-state index in [9.17, 15) is 9.59 Å². The molecule has 0 radical (unpaired) electrons. The van der Waals surface area contributed by atoms with Crippen LogP contribution in [0.3, 0.4) is 0 Å². The summed E-state index contributed by atoms with van der Waals surface area (Å²) in [5, 5.41) is 0. The summed E-state index contributed by atoms with van der Waals surface area (Å²) in [7, 11) is 2.65. The van der Waals surface area contributed by atoms with Crippen molar-refractivity contribution in [2.75, 3.05) is 14.2 Å². The summed E-state index contributed by atoms with van der Waals surface area (Å²) in [5.74, 6) is -0.816. The SMILES string of the molecule is COC(=O)C1=C(C(=O)OC)[Se]C(C)=C(C)[Se]1. The van der Waals surface area contributed by atoms with Gasteiger partial charge < -0.3 is 0 Å². The number of allylic oxidation sites excluding steroid dienone is 2. The van der Waals surface area contributed by atoms with Crippen LogP contribution in [0.15, 0.2) is 17.9 Å². The van der Waals surface area contributed by atoms with Crippen LogP contribution in [0.25, 0.3) is 0 Å². The molecule has 6 heteroatoms. The van der Waals surface area contributed by atoms with Crippen LogP contribution in [0, 0.1) is 0 Å². The van der Waals surface area contributed by atoms with Gasteiger partial charge in [0.15, 0.2) is 0 Å². The van der Waals surface area contributed by atoms with Crippen molar-refractivity contribution in [1.29, 1.82) is 0 Å². The number of carbonyl (C=O) groups excluding carboxylic acids is 2. The van der Waals surface area contributed by atoms with Gasteiger partial charge in [-0.3, -0.25) is 0 Å². The van der Waals surface area contributed by atoms with Gasteiger partial charge in [-0.25, -0.2) is 0 Å². The van der Waals surface area contributed by atoms with Gasteiger partial charge in [-0.05, 0) is 0 Å².